The molecule has 1 N–H and O–H groups in total. The van der Waals surface area contributed by atoms with Gasteiger partial charge in [-0.15, -0.1) is 0 Å². The normalized spacial score (nSPS) is 27.6. The summed E-state index contributed by atoms with van der Waals surface area (Å²) in [7, 11) is 1.32. The Morgan fingerprint density at radius 3 is 2.76 bits per heavy atom. The SMILES string of the molecule is C=C(C)[C@@H]1CC[C@@H](C)C(=O)[C@H]1[C@H](O)CC/C=C/C(=O)OC. The first-order chi connectivity index (χ1) is 9.88. The molecule has 4 heteroatoms. The molecule has 0 unspecified atom stereocenters. The van der Waals surface area contributed by atoms with E-state index in [1.165, 1.54) is 13.2 Å². The molecule has 0 bridgehead atoms. The summed E-state index contributed by atoms with van der Waals surface area (Å²) in [4.78, 5) is 23.3. The van der Waals surface area contributed by atoms with E-state index in [9.17, 15) is 14.7 Å². The molecule has 0 aromatic carbocycles. The van der Waals surface area contributed by atoms with Gasteiger partial charge in [0.2, 0.25) is 0 Å². The molecule has 0 aromatic rings. The zero-order valence-corrected chi connectivity index (χ0v) is 13.2. The molecule has 0 saturated heterocycles. The van der Waals surface area contributed by atoms with Crippen molar-refractivity contribution < 1.29 is 19.4 Å². The molecule has 1 aliphatic rings. The fourth-order valence-corrected chi connectivity index (χ4v) is 2.98. The third kappa shape index (κ3) is 4.81. The van der Waals surface area contributed by atoms with E-state index < -0.39 is 12.1 Å². The number of rotatable bonds is 6. The number of allylic oxidation sites excluding steroid dienone is 2. The Balaban J connectivity index is 2.65. The number of aliphatic hydroxyl groups excluding tert-OH is 1. The summed E-state index contributed by atoms with van der Waals surface area (Å²) in [5.74, 6) is -0.567. The maximum absolute atomic E-state index is 12.4. The van der Waals surface area contributed by atoms with Gasteiger partial charge in [0.25, 0.3) is 0 Å². The predicted molar refractivity (Wildman–Crippen MR) is 81.6 cm³/mol. The molecule has 118 valence electrons. The van der Waals surface area contributed by atoms with Gasteiger partial charge in [-0.1, -0.05) is 25.2 Å². The van der Waals surface area contributed by atoms with Crippen LogP contribution in [-0.4, -0.2) is 30.1 Å². The monoisotopic (exact) mass is 294 g/mol. The van der Waals surface area contributed by atoms with Gasteiger partial charge in [0, 0.05) is 12.0 Å². The molecule has 0 aromatic heterocycles. The average molecular weight is 294 g/mol. The number of ether oxygens (including phenoxy) is 1. The van der Waals surface area contributed by atoms with Crippen LogP contribution in [0.5, 0.6) is 0 Å². The van der Waals surface area contributed by atoms with Crippen molar-refractivity contribution in [1.82, 2.24) is 0 Å². The van der Waals surface area contributed by atoms with Crippen LogP contribution < -0.4 is 0 Å². The van der Waals surface area contributed by atoms with E-state index in [1.807, 2.05) is 13.8 Å². The third-order valence-corrected chi connectivity index (χ3v) is 4.29. The second-order valence-electron chi connectivity index (χ2n) is 5.93. The lowest BCUT2D eigenvalue weighted by Gasteiger charge is -2.36. The van der Waals surface area contributed by atoms with Crippen molar-refractivity contribution in [2.24, 2.45) is 17.8 Å². The van der Waals surface area contributed by atoms with Crippen molar-refractivity contribution in [2.75, 3.05) is 7.11 Å². The second-order valence-corrected chi connectivity index (χ2v) is 5.93. The van der Waals surface area contributed by atoms with Crippen LogP contribution in [0.1, 0.15) is 39.5 Å². The molecular formula is C17H26O4. The Morgan fingerprint density at radius 2 is 2.19 bits per heavy atom. The van der Waals surface area contributed by atoms with Gasteiger partial charge in [-0.2, -0.15) is 0 Å². The van der Waals surface area contributed by atoms with Gasteiger partial charge in [0.15, 0.2) is 0 Å². The summed E-state index contributed by atoms with van der Waals surface area (Å²) in [6.45, 7) is 7.81. The molecule has 4 nitrogen and oxygen atoms in total. The fourth-order valence-electron chi connectivity index (χ4n) is 2.98. The lowest BCUT2D eigenvalue weighted by Crippen LogP contribution is -2.41. The highest BCUT2D eigenvalue weighted by atomic mass is 16.5. The van der Waals surface area contributed by atoms with Gasteiger partial charge < -0.3 is 9.84 Å². The topological polar surface area (TPSA) is 63.6 Å². The molecule has 1 saturated carbocycles. The summed E-state index contributed by atoms with van der Waals surface area (Å²) >= 11 is 0. The molecule has 4 atom stereocenters. The second kappa shape index (κ2) is 8.13. The van der Waals surface area contributed by atoms with Gasteiger partial charge in [-0.3, -0.25) is 4.79 Å². The van der Waals surface area contributed by atoms with Crippen molar-refractivity contribution in [3.8, 4) is 0 Å². The Morgan fingerprint density at radius 1 is 1.52 bits per heavy atom. The van der Waals surface area contributed by atoms with Crippen molar-refractivity contribution in [3.63, 3.8) is 0 Å². The number of esters is 1. The Labute approximate surface area is 126 Å². The average Bonchev–Trinajstić information content (AvgIpc) is 2.45. The van der Waals surface area contributed by atoms with Crippen LogP contribution >= 0.6 is 0 Å². The Bertz CT molecular complexity index is 425. The highest BCUT2D eigenvalue weighted by Gasteiger charge is 2.40. The number of carbonyl (C=O) groups excluding carboxylic acids is 2. The smallest absolute Gasteiger partial charge is 0.330 e. The van der Waals surface area contributed by atoms with E-state index in [0.29, 0.717) is 12.8 Å². The van der Waals surface area contributed by atoms with E-state index in [1.54, 1.807) is 6.08 Å². The summed E-state index contributed by atoms with van der Waals surface area (Å²) in [6, 6.07) is 0. The molecule has 0 spiro atoms. The van der Waals surface area contributed by atoms with Crippen molar-refractivity contribution in [3.05, 3.63) is 24.3 Å². The van der Waals surface area contributed by atoms with E-state index in [-0.39, 0.29) is 23.5 Å². The van der Waals surface area contributed by atoms with E-state index in [4.69, 9.17) is 0 Å². The standard InChI is InChI=1S/C17H26O4/c1-11(2)13-10-9-12(3)17(20)16(13)14(18)7-5-6-8-15(19)21-4/h6,8,12-14,16,18H,1,5,7,9-10H2,2-4H3/b8-6+/t12-,13+,14-,16-/m1/s1. The first-order valence-electron chi connectivity index (χ1n) is 7.50. The number of carbonyl (C=O) groups is 2. The van der Waals surface area contributed by atoms with Gasteiger partial charge in [0.05, 0.1) is 19.1 Å². The van der Waals surface area contributed by atoms with Crippen LogP contribution in [0.3, 0.4) is 0 Å². The molecule has 0 amide bonds. The number of hydrogen-bond acceptors (Lipinski definition) is 4. The minimum absolute atomic E-state index is 0.00543. The summed E-state index contributed by atoms with van der Waals surface area (Å²) < 4.78 is 4.50. The maximum Gasteiger partial charge on any atom is 0.330 e. The van der Waals surface area contributed by atoms with Crippen LogP contribution in [0, 0.1) is 17.8 Å². The largest absolute Gasteiger partial charge is 0.466 e. The lowest BCUT2D eigenvalue weighted by molar-refractivity contribution is -0.136. The predicted octanol–water partition coefficient (Wildman–Crippen LogP) is 2.66. The summed E-state index contributed by atoms with van der Waals surface area (Å²) in [5.41, 5.74) is 0.962. The number of Topliss-reactive ketones (excluding diaryl/α,β-unsaturated/α-hetero) is 1. The van der Waals surface area contributed by atoms with E-state index >= 15 is 0 Å². The van der Waals surface area contributed by atoms with Gasteiger partial charge >= 0.3 is 5.97 Å². The van der Waals surface area contributed by atoms with Crippen LogP contribution in [-0.2, 0) is 14.3 Å². The lowest BCUT2D eigenvalue weighted by atomic mass is 9.68. The van der Waals surface area contributed by atoms with Gasteiger partial charge in [-0.25, -0.2) is 4.79 Å². The highest BCUT2D eigenvalue weighted by Crippen LogP contribution is 2.37. The Hall–Kier alpha value is -1.42. The fraction of sp³-hybridized carbons (Fsp3) is 0.647. The van der Waals surface area contributed by atoms with Crippen LogP contribution in [0.2, 0.25) is 0 Å². The molecule has 0 radical (unpaired) electrons. The molecule has 1 aliphatic carbocycles. The minimum atomic E-state index is -0.691. The number of aliphatic hydroxyl groups is 1. The van der Waals surface area contributed by atoms with Crippen LogP contribution in [0.4, 0.5) is 0 Å². The van der Waals surface area contributed by atoms with Gasteiger partial charge in [-0.05, 0) is 38.5 Å². The van der Waals surface area contributed by atoms with Crippen molar-refractivity contribution in [2.45, 2.75) is 45.6 Å². The zero-order valence-electron chi connectivity index (χ0n) is 13.2. The number of methoxy groups -OCH3 is 1. The summed E-state index contributed by atoms with van der Waals surface area (Å²) in [5, 5.41) is 10.4. The highest BCUT2D eigenvalue weighted by molar-refractivity contribution is 5.85. The van der Waals surface area contributed by atoms with Gasteiger partial charge in [0.1, 0.15) is 5.78 Å². The number of hydrogen-bond donors (Lipinski definition) is 1. The number of ketones is 1. The minimum Gasteiger partial charge on any atom is -0.466 e. The first kappa shape index (κ1) is 17.6. The zero-order chi connectivity index (χ0) is 16.0. The molecule has 1 fully saturated rings. The maximum atomic E-state index is 12.4. The molecule has 0 aliphatic heterocycles. The quantitative estimate of drug-likeness (QED) is 0.465. The molecule has 0 heterocycles. The van der Waals surface area contributed by atoms with Crippen molar-refractivity contribution in [1.29, 1.82) is 0 Å². The van der Waals surface area contributed by atoms with E-state index in [0.717, 1.165) is 18.4 Å². The van der Waals surface area contributed by atoms with Crippen molar-refractivity contribution >= 4 is 11.8 Å². The summed E-state index contributed by atoms with van der Waals surface area (Å²) in [6.07, 6.45) is 5.08. The molecule has 21 heavy (non-hydrogen) atoms. The van der Waals surface area contributed by atoms with E-state index in [2.05, 4.69) is 11.3 Å². The first-order valence-corrected chi connectivity index (χ1v) is 7.50. The third-order valence-electron chi connectivity index (χ3n) is 4.29. The molecular weight excluding hydrogens is 268 g/mol. The van der Waals surface area contributed by atoms with Crippen LogP contribution in [0.25, 0.3) is 0 Å². The Kier molecular flexibility index (Phi) is 6.82. The van der Waals surface area contributed by atoms with Crippen LogP contribution in [0.15, 0.2) is 24.3 Å². The molecule has 1 rings (SSSR count).